The van der Waals surface area contributed by atoms with Gasteiger partial charge < -0.3 is 28.3 Å². The van der Waals surface area contributed by atoms with Crippen molar-refractivity contribution in [1.82, 2.24) is 0 Å². The molecule has 0 bridgehead atoms. The SMILES string of the molecule is B(Oc1ccc(Oc2ccccc2)cc1Oc1ccccc1)Oc1ccc(Oc2ccccc2)cc1Oc1ccccc1. The average molecular weight is 566 g/mol. The Bertz CT molecular complexity index is 1600. The Hall–Kier alpha value is -5.82. The third-order valence-electron chi connectivity index (χ3n) is 6.16. The zero-order valence-electron chi connectivity index (χ0n) is 23.2. The van der Waals surface area contributed by atoms with Crippen molar-refractivity contribution < 1.29 is 28.3 Å². The Labute approximate surface area is 250 Å². The Morgan fingerprint density at radius 2 is 0.605 bits per heavy atom. The lowest BCUT2D eigenvalue weighted by Gasteiger charge is -2.16. The molecule has 0 aromatic heterocycles. The van der Waals surface area contributed by atoms with E-state index in [0.717, 1.165) is 11.5 Å². The van der Waals surface area contributed by atoms with Gasteiger partial charge in [-0.05, 0) is 72.8 Å². The second-order valence-corrected chi connectivity index (χ2v) is 9.28. The molecule has 6 aromatic carbocycles. The lowest BCUT2D eigenvalue weighted by atomic mass is 10.2. The Balaban J connectivity index is 1.20. The third-order valence-corrected chi connectivity index (χ3v) is 6.16. The van der Waals surface area contributed by atoms with Crippen LogP contribution in [-0.4, -0.2) is 7.69 Å². The van der Waals surface area contributed by atoms with Crippen molar-refractivity contribution in [2.45, 2.75) is 0 Å². The molecule has 0 saturated carbocycles. The van der Waals surface area contributed by atoms with Crippen molar-refractivity contribution in [2.24, 2.45) is 0 Å². The maximum atomic E-state index is 6.16. The predicted octanol–water partition coefficient (Wildman–Crippen LogP) is 9.58. The molecule has 6 nitrogen and oxygen atoms in total. The lowest BCUT2D eigenvalue weighted by Crippen LogP contribution is -2.12. The van der Waals surface area contributed by atoms with Gasteiger partial charge >= 0.3 is 7.69 Å². The minimum absolute atomic E-state index is 0.103. The van der Waals surface area contributed by atoms with Crippen LogP contribution in [0.4, 0.5) is 0 Å². The van der Waals surface area contributed by atoms with Gasteiger partial charge in [-0.3, -0.25) is 0 Å². The molecule has 6 rings (SSSR count). The molecule has 0 unspecified atom stereocenters. The Morgan fingerprint density at radius 1 is 0.279 bits per heavy atom. The maximum absolute atomic E-state index is 6.16. The fourth-order valence-corrected chi connectivity index (χ4v) is 4.14. The number of rotatable bonds is 12. The molecule has 210 valence electrons. The Kier molecular flexibility index (Phi) is 8.72. The van der Waals surface area contributed by atoms with Gasteiger partial charge in [-0.25, -0.2) is 0 Å². The molecule has 0 amide bonds. The number of hydrogen-bond donors (Lipinski definition) is 0. The van der Waals surface area contributed by atoms with E-state index in [9.17, 15) is 0 Å². The van der Waals surface area contributed by atoms with Gasteiger partial charge in [0.15, 0.2) is 11.5 Å². The van der Waals surface area contributed by atoms with Gasteiger partial charge in [-0.2, -0.15) is 0 Å². The number of hydrogen-bond acceptors (Lipinski definition) is 6. The highest BCUT2D eigenvalue weighted by Crippen LogP contribution is 2.38. The smallest absolute Gasteiger partial charge is 0.526 e. The van der Waals surface area contributed by atoms with Gasteiger partial charge in [-0.15, -0.1) is 0 Å². The Morgan fingerprint density at radius 3 is 0.953 bits per heavy atom. The number of ether oxygens (including phenoxy) is 4. The third kappa shape index (κ3) is 7.68. The second-order valence-electron chi connectivity index (χ2n) is 9.28. The second kappa shape index (κ2) is 13.7. The zero-order valence-corrected chi connectivity index (χ0v) is 23.2. The molecule has 0 heterocycles. The standard InChI is InChI=1S/C36H27BO6/c1-5-13-27(14-6-1)38-31-21-23-33(35(25-31)40-29-17-9-3-10-18-29)42-37-43-34-24-22-32(39-28-15-7-2-8-16-28)26-36(34)41-30-19-11-4-12-20-30/h1-26,37H. The molecule has 0 aliphatic heterocycles. The predicted molar refractivity (Wildman–Crippen MR) is 167 cm³/mol. The first kappa shape index (κ1) is 27.4. The molecule has 0 aliphatic rings. The summed E-state index contributed by atoms with van der Waals surface area (Å²) in [7, 11) is -0.103. The van der Waals surface area contributed by atoms with E-state index in [1.807, 2.05) is 133 Å². The summed E-state index contributed by atoms with van der Waals surface area (Å²) in [6.07, 6.45) is 0. The van der Waals surface area contributed by atoms with Crippen LogP contribution in [0.25, 0.3) is 0 Å². The fourth-order valence-electron chi connectivity index (χ4n) is 4.14. The van der Waals surface area contributed by atoms with E-state index in [2.05, 4.69) is 0 Å². The summed E-state index contributed by atoms with van der Waals surface area (Å²) in [5.74, 6) is 5.92. The monoisotopic (exact) mass is 566 g/mol. The summed E-state index contributed by atoms with van der Waals surface area (Å²) < 4.78 is 36.5. The minimum atomic E-state index is -0.103. The summed E-state index contributed by atoms with van der Waals surface area (Å²) in [5, 5.41) is 0. The molecular weight excluding hydrogens is 539 g/mol. The molecule has 0 fully saturated rings. The van der Waals surface area contributed by atoms with Crippen LogP contribution in [0.3, 0.4) is 0 Å². The molecule has 0 spiro atoms. The van der Waals surface area contributed by atoms with Crippen LogP contribution in [0.5, 0.6) is 57.5 Å². The van der Waals surface area contributed by atoms with Gasteiger partial charge in [0.25, 0.3) is 0 Å². The molecule has 0 atom stereocenters. The van der Waals surface area contributed by atoms with Crippen molar-refractivity contribution in [2.75, 3.05) is 0 Å². The summed E-state index contributed by atoms with van der Waals surface area (Å²) >= 11 is 0. The van der Waals surface area contributed by atoms with E-state index >= 15 is 0 Å². The molecule has 7 heteroatoms. The van der Waals surface area contributed by atoms with Crippen molar-refractivity contribution in [3.8, 4) is 57.5 Å². The van der Waals surface area contributed by atoms with Crippen LogP contribution >= 0.6 is 0 Å². The van der Waals surface area contributed by atoms with Gasteiger partial charge in [0, 0.05) is 12.1 Å². The summed E-state index contributed by atoms with van der Waals surface area (Å²) in [4.78, 5) is 0. The fraction of sp³-hybridized carbons (Fsp3) is 0. The topological polar surface area (TPSA) is 55.4 Å². The summed E-state index contributed by atoms with van der Waals surface area (Å²) in [6, 6.07) is 48.9. The highest BCUT2D eigenvalue weighted by atomic mass is 16.6. The minimum Gasteiger partial charge on any atom is -0.526 e. The number of para-hydroxylation sites is 4. The van der Waals surface area contributed by atoms with Gasteiger partial charge in [0.2, 0.25) is 0 Å². The zero-order chi connectivity index (χ0) is 29.1. The van der Waals surface area contributed by atoms with Crippen LogP contribution in [0.15, 0.2) is 158 Å². The van der Waals surface area contributed by atoms with E-state index < -0.39 is 0 Å². The van der Waals surface area contributed by atoms with Crippen LogP contribution in [0.2, 0.25) is 0 Å². The molecular formula is C36H27BO6. The molecule has 0 radical (unpaired) electrons. The number of benzene rings is 6. The van der Waals surface area contributed by atoms with Gasteiger partial charge in [0.1, 0.15) is 46.0 Å². The summed E-state index contributed by atoms with van der Waals surface area (Å²) in [6.45, 7) is 0. The molecule has 0 aliphatic carbocycles. The average Bonchev–Trinajstić information content (AvgIpc) is 3.05. The van der Waals surface area contributed by atoms with Gasteiger partial charge in [0.05, 0.1) is 0 Å². The van der Waals surface area contributed by atoms with Crippen molar-refractivity contribution in [1.29, 1.82) is 0 Å². The summed E-state index contributed by atoms with van der Waals surface area (Å²) in [5.41, 5.74) is 0. The molecule has 6 aromatic rings. The molecule has 0 N–H and O–H groups in total. The van der Waals surface area contributed by atoms with Crippen molar-refractivity contribution in [3.05, 3.63) is 158 Å². The lowest BCUT2D eigenvalue weighted by molar-refractivity contribution is 0.399. The van der Waals surface area contributed by atoms with Crippen molar-refractivity contribution >= 4 is 7.69 Å². The maximum Gasteiger partial charge on any atom is 0.576 e. The highest BCUT2D eigenvalue weighted by Gasteiger charge is 2.14. The first-order valence-electron chi connectivity index (χ1n) is 13.7. The van der Waals surface area contributed by atoms with E-state index in [1.165, 1.54) is 0 Å². The normalized spacial score (nSPS) is 10.3. The van der Waals surface area contributed by atoms with Crippen LogP contribution in [0, 0.1) is 0 Å². The molecule has 0 saturated heterocycles. The van der Waals surface area contributed by atoms with E-state index in [0.29, 0.717) is 46.0 Å². The van der Waals surface area contributed by atoms with Crippen molar-refractivity contribution in [3.63, 3.8) is 0 Å². The first-order valence-corrected chi connectivity index (χ1v) is 13.7. The van der Waals surface area contributed by atoms with Gasteiger partial charge in [-0.1, -0.05) is 72.8 Å². The first-order chi connectivity index (χ1) is 21.3. The van der Waals surface area contributed by atoms with E-state index in [1.54, 1.807) is 24.3 Å². The highest BCUT2D eigenvalue weighted by molar-refractivity contribution is 6.21. The van der Waals surface area contributed by atoms with E-state index in [4.69, 9.17) is 28.3 Å². The van der Waals surface area contributed by atoms with Crippen LogP contribution < -0.4 is 28.3 Å². The largest absolute Gasteiger partial charge is 0.576 e. The van der Waals surface area contributed by atoms with Crippen LogP contribution in [-0.2, 0) is 0 Å². The quantitative estimate of drug-likeness (QED) is 0.138. The van der Waals surface area contributed by atoms with E-state index in [-0.39, 0.29) is 7.69 Å². The van der Waals surface area contributed by atoms with Crippen LogP contribution in [0.1, 0.15) is 0 Å². The molecule has 43 heavy (non-hydrogen) atoms.